The van der Waals surface area contributed by atoms with Gasteiger partial charge in [-0.2, -0.15) is 0 Å². The van der Waals surface area contributed by atoms with Crippen LogP contribution in [0.4, 0.5) is 0 Å². The van der Waals surface area contributed by atoms with Crippen molar-refractivity contribution in [2.24, 2.45) is 5.92 Å². The molecule has 0 bridgehead atoms. The van der Waals surface area contributed by atoms with Gasteiger partial charge in [-0.05, 0) is 34.7 Å². The molecule has 66 valence electrons. The minimum absolute atomic E-state index is 0.615. The Bertz CT molecular complexity index is 293. The summed E-state index contributed by atoms with van der Waals surface area (Å²) >= 11 is 4.81. The smallest absolute Gasteiger partial charge is 0.126 e. The van der Waals surface area contributed by atoms with Gasteiger partial charge in [0, 0.05) is 5.38 Å². The molecular formula is C8H10BrNOS. The Balaban J connectivity index is 2.20. The number of rotatable bonds is 1. The summed E-state index contributed by atoms with van der Waals surface area (Å²) in [7, 11) is 0. The Hall–Kier alpha value is 0.0700. The highest BCUT2D eigenvalue weighted by Gasteiger charge is 2.43. The number of aromatic nitrogens is 1. The fourth-order valence-electron chi connectivity index (χ4n) is 1.74. The fraction of sp³-hybridized carbons (Fsp3) is 0.625. The van der Waals surface area contributed by atoms with Crippen LogP contribution in [0.15, 0.2) is 9.98 Å². The predicted molar refractivity (Wildman–Crippen MR) is 52.1 cm³/mol. The highest BCUT2D eigenvalue weighted by molar-refractivity contribution is 9.10. The van der Waals surface area contributed by atoms with Crippen LogP contribution in [0.25, 0.3) is 0 Å². The van der Waals surface area contributed by atoms with Crippen LogP contribution >= 0.6 is 27.3 Å². The number of nitrogens with zero attached hydrogens (tertiary/aromatic N) is 1. The van der Waals surface area contributed by atoms with E-state index in [9.17, 15) is 5.11 Å². The van der Waals surface area contributed by atoms with Crippen molar-refractivity contribution in [3.05, 3.63) is 15.0 Å². The third-order valence-electron chi connectivity index (χ3n) is 2.25. The van der Waals surface area contributed by atoms with E-state index in [0.717, 1.165) is 22.5 Å². The van der Waals surface area contributed by atoms with Gasteiger partial charge in [0.2, 0.25) is 0 Å². The molecule has 1 aromatic rings. The van der Waals surface area contributed by atoms with Crippen molar-refractivity contribution in [2.45, 2.75) is 25.4 Å². The summed E-state index contributed by atoms with van der Waals surface area (Å²) < 4.78 is 0.829. The lowest BCUT2D eigenvalue weighted by molar-refractivity contribution is -0.0740. The molecule has 1 fully saturated rings. The third kappa shape index (κ3) is 1.32. The van der Waals surface area contributed by atoms with Gasteiger partial charge in [-0.15, -0.1) is 11.3 Å². The molecule has 0 unspecified atom stereocenters. The van der Waals surface area contributed by atoms with Gasteiger partial charge in [-0.3, -0.25) is 0 Å². The van der Waals surface area contributed by atoms with Gasteiger partial charge in [-0.1, -0.05) is 6.92 Å². The maximum atomic E-state index is 9.99. The van der Waals surface area contributed by atoms with E-state index in [4.69, 9.17) is 0 Å². The van der Waals surface area contributed by atoms with Gasteiger partial charge in [-0.25, -0.2) is 4.98 Å². The summed E-state index contributed by atoms with van der Waals surface area (Å²) in [6.45, 7) is 2.15. The molecule has 0 saturated heterocycles. The van der Waals surface area contributed by atoms with Crippen molar-refractivity contribution in [1.29, 1.82) is 0 Å². The van der Waals surface area contributed by atoms with E-state index in [2.05, 4.69) is 27.8 Å². The summed E-state index contributed by atoms with van der Waals surface area (Å²) in [6.07, 6.45) is 1.71. The van der Waals surface area contributed by atoms with Crippen LogP contribution < -0.4 is 0 Å². The molecule has 1 saturated carbocycles. The zero-order valence-electron chi connectivity index (χ0n) is 6.75. The van der Waals surface area contributed by atoms with Crippen LogP contribution in [0.2, 0.25) is 0 Å². The zero-order valence-corrected chi connectivity index (χ0v) is 9.15. The molecule has 0 amide bonds. The molecule has 1 aliphatic carbocycles. The summed E-state index contributed by atoms with van der Waals surface area (Å²) in [5.74, 6) is 0.637. The molecule has 0 spiro atoms. The van der Waals surface area contributed by atoms with Crippen LogP contribution in [0, 0.1) is 5.92 Å². The van der Waals surface area contributed by atoms with E-state index >= 15 is 0 Å². The average molecular weight is 248 g/mol. The van der Waals surface area contributed by atoms with E-state index in [1.165, 1.54) is 11.3 Å². The molecule has 0 atom stereocenters. The van der Waals surface area contributed by atoms with Crippen LogP contribution in [-0.2, 0) is 5.60 Å². The van der Waals surface area contributed by atoms with Gasteiger partial charge in [0.05, 0.1) is 0 Å². The van der Waals surface area contributed by atoms with Crippen molar-refractivity contribution in [2.75, 3.05) is 0 Å². The molecule has 1 heterocycles. The SMILES string of the molecule is CC1CC(O)(c2nc(Br)cs2)C1. The molecule has 0 aromatic carbocycles. The molecule has 2 rings (SSSR count). The van der Waals surface area contributed by atoms with E-state index < -0.39 is 5.60 Å². The first-order valence-corrected chi connectivity index (χ1v) is 5.61. The van der Waals surface area contributed by atoms with Gasteiger partial charge in [0.15, 0.2) is 0 Å². The third-order valence-corrected chi connectivity index (χ3v) is 3.99. The predicted octanol–water partition coefficient (Wildman–Crippen LogP) is 2.52. The van der Waals surface area contributed by atoms with Crippen molar-refractivity contribution in [3.63, 3.8) is 0 Å². The second-order valence-corrected chi connectivity index (χ2v) is 5.19. The van der Waals surface area contributed by atoms with Crippen LogP contribution in [0.3, 0.4) is 0 Å². The molecule has 0 aliphatic heterocycles. The monoisotopic (exact) mass is 247 g/mol. The number of thiazole rings is 1. The second-order valence-electron chi connectivity index (χ2n) is 3.52. The van der Waals surface area contributed by atoms with Crippen molar-refractivity contribution in [1.82, 2.24) is 4.98 Å². The Labute approximate surface area is 83.8 Å². The highest BCUT2D eigenvalue weighted by Crippen LogP contribution is 2.46. The Morgan fingerprint density at radius 1 is 1.75 bits per heavy atom. The van der Waals surface area contributed by atoms with Gasteiger partial charge in [0.25, 0.3) is 0 Å². The van der Waals surface area contributed by atoms with Crippen LogP contribution in [-0.4, -0.2) is 10.1 Å². The van der Waals surface area contributed by atoms with Crippen LogP contribution in [0.5, 0.6) is 0 Å². The first-order valence-electron chi connectivity index (χ1n) is 3.94. The standard InChI is InChI=1S/C8H10BrNOS/c1-5-2-8(11,3-5)7-10-6(9)4-12-7/h4-5,11H,2-3H2,1H3. The molecule has 1 N–H and O–H groups in total. The summed E-state index contributed by atoms with van der Waals surface area (Å²) in [5.41, 5.74) is -0.615. The van der Waals surface area contributed by atoms with Crippen molar-refractivity contribution in [3.8, 4) is 0 Å². The number of hydrogen-bond acceptors (Lipinski definition) is 3. The molecular weight excluding hydrogens is 238 g/mol. The second kappa shape index (κ2) is 2.79. The average Bonchev–Trinajstić information content (AvgIpc) is 2.33. The van der Waals surface area contributed by atoms with Crippen molar-refractivity contribution < 1.29 is 5.11 Å². The molecule has 1 aliphatic rings. The van der Waals surface area contributed by atoms with E-state index in [1.807, 2.05) is 5.38 Å². The van der Waals surface area contributed by atoms with Gasteiger partial charge < -0.3 is 5.11 Å². The zero-order chi connectivity index (χ0) is 8.77. The number of aliphatic hydroxyl groups is 1. The lowest BCUT2D eigenvalue weighted by Crippen LogP contribution is -2.39. The van der Waals surface area contributed by atoms with E-state index in [1.54, 1.807) is 0 Å². The Kier molecular flexibility index (Phi) is 2.01. The first-order chi connectivity index (χ1) is 5.60. The molecule has 0 radical (unpaired) electrons. The first kappa shape index (κ1) is 8.66. The minimum atomic E-state index is -0.615. The Morgan fingerprint density at radius 2 is 2.42 bits per heavy atom. The molecule has 4 heteroatoms. The summed E-state index contributed by atoms with van der Waals surface area (Å²) in [6, 6.07) is 0. The quantitative estimate of drug-likeness (QED) is 0.828. The van der Waals surface area contributed by atoms with E-state index in [0.29, 0.717) is 5.92 Å². The number of halogens is 1. The largest absolute Gasteiger partial charge is 0.383 e. The van der Waals surface area contributed by atoms with Crippen LogP contribution in [0.1, 0.15) is 24.8 Å². The lowest BCUT2D eigenvalue weighted by atomic mass is 9.72. The maximum absolute atomic E-state index is 9.99. The van der Waals surface area contributed by atoms with Crippen molar-refractivity contribution >= 4 is 27.3 Å². The molecule has 12 heavy (non-hydrogen) atoms. The Morgan fingerprint density at radius 3 is 2.83 bits per heavy atom. The normalized spacial score (nSPS) is 34.8. The highest BCUT2D eigenvalue weighted by atomic mass is 79.9. The summed E-state index contributed by atoms with van der Waals surface area (Å²) in [4.78, 5) is 4.22. The lowest BCUT2D eigenvalue weighted by Gasteiger charge is -2.40. The molecule has 1 aromatic heterocycles. The van der Waals surface area contributed by atoms with E-state index in [-0.39, 0.29) is 0 Å². The van der Waals surface area contributed by atoms with Gasteiger partial charge in [0.1, 0.15) is 15.2 Å². The topological polar surface area (TPSA) is 33.1 Å². The van der Waals surface area contributed by atoms with Gasteiger partial charge >= 0.3 is 0 Å². The fourth-order valence-corrected chi connectivity index (χ4v) is 3.11. The maximum Gasteiger partial charge on any atom is 0.126 e. The molecule has 2 nitrogen and oxygen atoms in total. The minimum Gasteiger partial charge on any atom is -0.383 e. The summed E-state index contributed by atoms with van der Waals surface area (Å²) in [5, 5.41) is 12.8. The number of hydrogen-bond donors (Lipinski definition) is 1.